The van der Waals surface area contributed by atoms with Gasteiger partial charge in [-0.15, -0.1) is 4.98 Å². The first-order valence-electron chi connectivity index (χ1n) is 5.89. The lowest BCUT2D eigenvalue weighted by Gasteiger charge is -2.08. The van der Waals surface area contributed by atoms with Crippen LogP contribution < -0.4 is 20.7 Å². The van der Waals surface area contributed by atoms with Crippen molar-refractivity contribution >= 4 is 5.95 Å². The molecule has 8 nitrogen and oxygen atoms in total. The maximum atomic E-state index is 13.7. The predicted octanol–water partition coefficient (Wildman–Crippen LogP) is 1.36. The van der Waals surface area contributed by atoms with Crippen molar-refractivity contribution < 1.29 is 13.9 Å². The number of hydrogen-bond donors (Lipinski definition) is 2. The lowest BCUT2D eigenvalue weighted by molar-refractivity contribution is 0.302. The monoisotopic (exact) mass is 290 g/mol. The van der Waals surface area contributed by atoms with Crippen LogP contribution in [0, 0.1) is 17.1 Å². The number of aromatic nitrogens is 3. The van der Waals surface area contributed by atoms with E-state index < -0.39 is 5.82 Å². The minimum absolute atomic E-state index is 0.00972. The summed E-state index contributed by atoms with van der Waals surface area (Å²) in [5.41, 5.74) is 2.40. The lowest BCUT2D eigenvalue weighted by Crippen LogP contribution is -2.13. The van der Waals surface area contributed by atoms with Gasteiger partial charge in [-0.2, -0.15) is 15.2 Å². The van der Waals surface area contributed by atoms with E-state index in [2.05, 4.69) is 20.4 Å². The third-order valence-corrected chi connectivity index (χ3v) is 2.26. The number of nitrogen functional groups attached to an aromatic ring is 1. The normalized spacial score (nSPS) is 9.81. The van der Waals surface area contributed by atoms with Gasteiger partial charge in [-0.3, -0.25) is 5.43 Å². The average molecular weight is 290 g/mol. The Labute approximate surface area is 119 Å². The van der Waals surface area contributed by atoms with Gasteiger partial charge >= 0.3 is 12.0 Å². The summed E-state index contributed by atoms with van der Waals surface area (Å²) < 4.78 is 24.1. The molecule has 2 rings (SSSR count). The molecule has 0 aliphatic heterocycles. The van der Waals surface area contributed by atoms with Crippen molar-refractivity contribution in [3.05, 3.63) is 29.6 Å². The van der Waals surface area contributed by atoms with Gasteiger partial charge in [0.25, 0.3) is 0 Å². The van der Waals surface area contributed by atoms with E-state index in [1.807, 2.05) is 6.07 Å². The highest BCUT2D eigenvalue weighted by Crippen LogP contribution is 2.24. The summed E-state index contributed by atoms with van der Waals surface area (Å²) in [5.74, 6) is 4.39. The molecule has 1 aromatic heterocycles. The maximum Gasteiger partial charge on any atom is 0.330 e. The van der Waals surface area contributed by atoms with Crippen LogP contribution in [0.4, 0.5) is 10.3 Å². The summed E-state index contributed by atoms with van der Waals surface area (Å²) >= 11 is 0. The Bertz CT molecular complexity index is 688. The molecular weight excluding hydrogens is 279 g/mol. The van der Waals surface area contributed by atoms with Crippen molar-refractivity contribution in [3.63, 3.8) is 0 Å². The minimum atomic E-state index is -0.713. The summed E-state index contributed by atoms with van der Waals surface area (Å²) in [7, 11) is 0. The van der Waals surface area contributed by atoms with Crippen molar-refractivity contribution in [2.75, 3.05) is 12.0 Å². The molecule has 0 radical (unpaired) electrons. The topological polar surface area (TPSA) is 119 Å². The second-order valence-electron chi connectivity index (χ2n) is 3.66. The number of nitriles is 1. The van der Waals surface area contributed by atoms with Gasteiger partial charge < -0.3 is 9.47 Å². The van der Waals surface area contributed by atoms with Crippen LogP contribution in [-0.2, 0) is 0 Å². The molecule has 0 saturated heterocycles. The largest absolute Gasteiger partial charge is 0.464 e. The van der Waals surface area contributed by atoms with Gasteiger partial charge in [-0.25, -0.2) is 10.2 Å². The van der Waals surface area contributed by atoms with Crippen molar-refractivity contribution in [3.8, 4) is 23.8 Å². The molecule has 0 spiro atoms. The molecular formula is C12H11FN6O2. The highest BCUT2D eigenvalue weighted by Gasteiger charge is 2.12. The van der Waals surface area contributed by atoms with Gasteiger partial charge in [0.15, 0.2) is 11.6 Å². The molecule has 0 amide bonds. The van der Waals surface area contributed by atoms with Crippen molar-refractivity contribution in [2.45, 2.75) is 6.92 Å². The molecule has 0 saturated carbocycles. The smallest absolute Gasteiger partial charge is 0.330 e. The number of nitrogens with one attached hydrogen (secondary N) is 1. The van der Waals surface area contributed by atoms with E-state index in [0.29, 0.717) is 6.61 Å². The summed E-state index contributed by atoms with van der Waals surface area (Å²) in [6.07, 6.45) is 0. The van der Waals surface area contributed by atoms with E-state index in [0.717, 1.165) is 6.07 Å². The number of anilines is 1. The molecule has 0 aliphatic carbocycles. The van der Waals surface area contributed by atoms with E-state index in [1.54, 1.807) is 6.92 Å². The van der Waals surface area contributed by atoms with E-state index in [4.69, 9.17) is 20.6 Å². The van der Waals surface area contributed by atoms with Crippen LogP contribution >= 0.6 is 0 Å². The second kappa shape index (κ2) is 6.44. The van der Waals surface area contributed by atoms with E-state index in [9.17, 15) is 4.39 Å². The number of benzene rings is 1. The Kier molecular flexibility index (Phi) is 4.43. The fraction of sp³-hybridized carbons (Fsp3) is 0.167. The third kappa shape index (κ3) is 3.52. The lowest BCUT2D eigenvalue weighted by atomic mass is 10.2. The zero-order chi connectivity index (χ0) is 15.2. The molecule has 0 bridgehead atoms. The molecule has 1 aromatic carbocycles. The summed E-state index contributed by atoms with van der Waals surface area (Å²) in [6, 6.07) is 5.37. The van der Waals surface area contributed by atoms with Crippen LogP contribution in [0.5, 0.6) is 17.8 Å². The molecule has 3 N–H and O–H groups in total. The quantitative estimate of drug-likeness (QED) is 0.625. The van der Waals surface area contributed by atoms with Crippen LogP contribution in [0.25, 0.3) is 0 Å². The highest BCUT2D eigenvalue weighted by molar-refractivity contribution is 5.37. The fourth-order valence-corrected chi connectivity index (χ4v) is 1.39. The number of hydrazine groups is 1. The van der Waals surface area contributed by atoms with Gasteiger partial charge in [0.1, 0.15) is 0 Å². The molecule has 108 valence electrons. The van der Waals surface area contributed by atoms with Gasteiger partial charge in [-0.1, -0.05) is 0 Å². The number of halogens is 1. The van der Waals surface area contributed by atoms with Crippen LogP contribution in [-0.4, -0.2) is 21.6 Å². The summed E-state index contributed by atoms with van der Waals surface area (Å²) in [5, 5.41) is 8.68. The van der Waals surface area contributed by atoms with Gasteiger partial charge in [0, 0.05) is 0 Å². The number of rotatable bonds is 5. The van der Waals surface area contributed by atoms with Crippen LogP contribution in [0.3, 0.4) is 0 Å². The highest BCUT2D eigenvalue weighted by atomic mass is 19.1. The summed E-state index contributed by atoms with van der Waals surface area (Å²) in [4.78, 5) is 11.5. The molecule has 0 fully saturated rings. The Morgan fingerprint density at radius 2 is 2.10 bits per heavy atom. The second-order valence-corrected chi connectivity index (χ2v) is 3.66. The Morgan fingerprint density at radius 3 is 2.71 bits per heavy atom. The minimum Gasteiger partial charge on any atom is -0.464 e. The average Bonchev–Trinajstić information content (AvgIpc) is 2.49. The number of hydrogen-bond acceptors (Lipinski definition) is 8. The van der Waals surface area contributed by atoms with Crippen molar-refractivity contribution in [1.29, 1.82) is 5.26 Å². The van der Waals surface area contributed by atoms with Crippen LogP contribution in [0.15, 0.2) is 18.2 Å². The zero-order valence-electron chi connectivity index (χ0n) is 11.0. The van der Waals surface area contributed by atoms with Gasteiger partial charge in [0.05, 0.1) is 18.2 Å². The van der Waals surface area contributed by atoms with E-state index >= 15 is 0 Å². The maximum absolute atomic E-state index is 13.7. The zero-order valence-corrected chi connectivity index (χ0v) is 11.0. The Hall–Kier alpha value is -2.99. The number of nitrogens with two attached hydrogens (primary N) is 1. The first kappa shape index (κ1) is 14.4. The Balaban J connectivity index is 2.30. The first-order chi connectivity index (χ1) is 10.2. The number of ether oxygens (including phenoxy) is 2. The van der Waals surface area contributed by atoms with Crippen molar-refractivity contribution in [2.24, 2.45) is 5.84 Å². The SMILES string of the molecule is CCOc1nc(NN)nc(Oc2ccc(C#N)cc2F)n1. The van der Waals surface area contributed by atoms with E-state index in [-0.39, 0.29) is 29.3 Å². The standard InChI is InChI=1S/C12H11FN6O2/c1-2-20-11-16-10(19-15)17-12(18-11)21-9-4-3-7(6-14)5-8(9)13/h3-5H,2,15H2,1H3,(H,16,17,18,19). The summed E-state index contributed by atoms with van der Waals surface area (Å²) in [6.45, 7) is 2.08. The fourth-order valence-electron chi connectivity index (χ4n) is 1.39. The molecule has 2 aromatic rings. The molecule has 0 atom stereocenters. The number of nitrogens with zero attached hydrogens (tertiary/aromatic N) is 4. The van der Waals surface area contributed by atoms with Gasteiger partial charge in [-0.05, 0) is 25.1 Å². The predicted molar refractivity (Wildman–Crippen MR) is 70.0 cm³/mol. The molecule has 0 unspecified atom stereocenters. The van der Waals surface area contributed by atoms with E-state index in [1.165, 1.54) is 12.1 Å². The molecule has 1 heterocycles. The molecule has 0 aliphatic rings. The van der Waals surface area contributed by atoms with Crippen LogP contribution in [0.2, 0.25) is 0 Å². The van der Waals surface area contributed by atoms with Crippen LogP contribution in [0.1, 0.15) is 12.5 Å². The third-order valence-electron chi connectivity index (χ3n) is 2.26. The van der Waals surface area contributed by atoms with Crippen molar-refractivity contribution in [1.82, 2.24) is 15.0 Å². The first-order valence-corrected chi connectivity index (χ1v) is 5.89. The molecule has 9 heteroatoms. The van der Waals surface area contributed by atoms with Gasteiger partial charge in [0.2, 0.25) is 5.95 Å². The Morgan fingerprint density at radius 1 is 1.33 bits per heavy atom. The molecule has 21 heavy (non-hydrogen) atoms.